The van der Waals surface area contributed by atoms with Crippen LogP contribution in [0.2, 0.25) is 0 Å². The molecule has 3 atom stereocenters. The van der Waals surface area contributed by atoms with E-state index >= 15 is 0 Å². The molecule has 11 heteroatoms. The van der Waals surface area contributed by atoms with E-state index in [1.165, 1.54) is 16.7 Å². The summed E-state index contributed by atoms with van der Waals surface area (Å²) in [4.78, 5) is 69.4. The molecule has 1 fully saturated rings. The fourth-order valence-electron chi connectivity index (χ4n) is 4.85. The number of hydrogen-bond acceptors (Lipinski definition) is 6. The van der Waals surface area contributed by atoms with Gasteiger partial charge in [-0.05, 0) is 49.0 Å². The molecule has 38 heavy (non-hydrogen) atoms. The topological polar surface area (TPSA) is 142 Å². The van der Waals surface area contributed by atoms with Crippen molar-refractivity contribution in [2.24, 2.45) is 0 Å². The van der Waals surface area contributed by atoms with Gasteiger partial charge in [0.05, 0.1) is 10.9 Å². The fourth-order valence-corrected chi connectivity index (χ4v) is 5.32. The second kappa shape index (κ2) is 12.1. The van der Waals surface area contributed by atoms with Crippen LogP contribution in [0, 0.1) is 0 Å². The molecule has 0 spiro atoms. The van der Waals surface area contributed by atoms with Gasteiger partial charge in [0.25, 0.3) is 5.56 Å². The molecule has 0 aliphatic carbocycles. The number of carboxylic acid groups (broad SMARTS) is 1. The first-order valence-electron chi connectivity index (χ1n) is 12.4. The maximum atomic E-state index is 13.8. The van der Waals surface area contributed by atoms with Crippen LogP contribution in [0.5, 0.6) is 0 Å². The number of nitrogens with one attached hydrogen (secondary N) is 2. The molecular formula is C27H30N4O6S. The monoisotopic (exact) mass is 538 g/mol. The molecule has 10 nitrogen and oxygen atoms in total. The molecule has 1 aliphatic rings. The molecule has 2 aromatic carbocycles. The van der Waals surface area contributed by atoms with Crippen molar-refractivity contribution < 1.29 is 19.5 Å². The Morgan fingerprint density at radius 2 is 1.82 bits per heavy atom. The molecule has 0 bridgehead atoms. The number of amides is 2. The van der Waals surface area contributed by atoms with Crippen LogP contribution in [0.25, 0.3) is 10.9 Å². The molecule has 2 amide bonds. The van der Waals surface area contributed by atoms with Crippen LogP contribution in [-0.2, 0) is 20.8 Å². The van der Waals surface area contributed by atoms with E-state index in [0.717, 1.165) is 10.1 Å². The van der Waals surface area contributed by atoms with E-state index in [0.29, 0.717) is 30.7 Å². The maximum Gasteiger partial charge on any atom is 0.329 e. The van der Waals surface area contributed by atoms with Crippen molar-refractivity contribution in [1.29, 1.82) is 0 Å². The van der Waals surface area contributed by atoms with Crippen molar-refractivity contribution in [3.05, 3.63) is 81.0 Å². The Labute approximate surface area is 223 Å². The van der Waals surface area contributed by atoms with Crippen molar-refractivity contribution in [3.8, 4) is 0 Å². The normalized spacial score (nSPS) is 16.8. The number of thioether (sulfide) groups is 1. The first-order valence-corrected chi connectivity index (χ1v) is 13.8. The maximum absolute atomic E-state index is 13.8. The lowest BCUT2D eigenvalue weighted by molar-refractivity contribution is -0.149. The Morgan fingerprint density at radius 1 is 1.11 bits per heavy atom. The number of benzene rings is 2. The van der Waals surface area contributed by atoms with Crippen molar-refractivity contribution in [3.63, 3.8) is 0 Å². The van der Waals surface area contributed by atoms with E-state index in [1.54, 1.807) is 48.5 Å². The number of likely N-dealkylation sites (tertiary alicyclic amines) is 1. The smallest absolute Gasteiger partial charge is 0.329 e. The number of aromatic amines is 1. The molecule has 0 saturated carbocycles. The van der Waals surface area contributed by atoms with Crippen LogP contribution in [0.15, 0.2) is 64.2 Å². The molecule has 3 N–H and O–H groups in total. The van der Waals surface area contributed by atoms with Crippen LogP contribution in [0.1, 0.15) is 30.9 Å². The molecule has 1 saturated heterocycles. The number of carboxylic acids is 1. The first-order chi connectivity index (χ1) is 18.3. The van der Waals surface area contributed by atoms with Gasteiger partial charge in [0.15, 0.2) is 0 Å². The summed E-state index contributed by atoms with van der Waals surface area (Å²) < 4.78 is 0.899. The molecule has 2 heterocycles. The molecule has 0 unspecified atom stereocenters. The number of fused-ring (bicyclic) bond motifs is 1. The highest BCUT2D eigenvalue weighted by Gasteiger charge is 2.38. The first kappa shape index (κ1) is 27.2. The van der Waals surface area contributed by atoms with Crippen molar-refractivity contribution in [2.45, 2.75) is 43.8 Å². The van der Waals surface area contributed by atoms with E-state index in [9.17, 15) is 29.1 Å². The highest BCUT2D eigenvalue weighted by molar-refractivity contribution is 7.98. The van der Waals surface area contributed by atoms with E-state index < -0.39 is 47.2 Å². The lowest BCUT2D eigenvalue weighted by Crippen LogP contribution is -2.54. The van der Waals surface area contributed by atoms with Gasteiger partial charge in [-0.15, -0.1) is 0 Å². The number of para-hydroxylation sites is 1. The summed E-state index contributed by atoms with van der Waals surface area (Å²) in [6, 6.07) is 12.4. The Kier molecular flexibility index (Phi) is 8.67. The summed E-state index contributed by atoms with van der Waals surface area (Å²) in [7, 11) is 0. The highest BCUT2D eigenvalue weighted by Crippen LogP contribution is 2.21. The number of aliphatic carboxylic acids is 1. The molecule has 4 rings (SSSR count). The summed E-state index contributed by atoms with van der Waals surface area (Å²) in [5.41, 5.74) is -0.260. The predicted molar refractivity (Wildman–Crippen MR) is 145 cm³/mol. The number of aromatic nitrogens is 2. The van der Waals surface area contributed by atoms with Crippen LogP contribution in [0.3, 0.4) is 0 Å². The SMILES string of the molecule is CSCC[C@H](NC(=O)[C@H](Cc1ccccc1)n1c(=O)[nH]c2ccccc2c1=O)C(=O)N1CCC[C@H]1C(=O)O. The summed E-state index contributed by atoms with van der Waals surface area (Å²) in [6.07, 6.45) is 3.09. The third-order valence-corrected chi connectivity index (χ3v) is 7.41. The van der Waals surface area contributed by atoms with Crippen LogP contribution >= 0.6 is 11.8 Å². The Bertz CT molecular complexity index is 1440. The van der Waals surface area contributed by atoms with Gasteiger partial charge < -0.3 is 20.3 Å². The fraction of sp³-hybridized carbons (Fsp3) is 0.370. The summed E-state index contributed by atoms with van der Waals surface area (Å²) in [5.74, 6) is -1.68. The highest BCUT2D eigenvalue weighted by atomic mass is 32.2. The predicted octanol–water partition coefficient (Wildman–Crippen LogP) is 1.79. The number of carbonyl (C=O) groups is 3. The molecule has 3 aromatic rings. The average Bonchev–Trinajstić information content (AvgIpc) is 3.41. The van der Waals surface area contributed by atoms with Crippen LogP contribution < -0.4 is 16.6 Å². The number of carbonyl (C=O) groups excluding carboxylic acids is 2. The molecule has 0 radical (unpaired) electrons. The summed E-state index contributed by atoms with van der Waals surface area (Å²) in [6.45, 7) is 0.290. The lowest BCUT2D eigenvalue weighted by Gasteiger charge is -2.28. The number of rotatable bonds is 10. The van der Waals surface area contributed by atoms with Gasteiger partial charge in [-0.1, -0.05) is 42.5 Å². The average molecular weight is 539 g/mol. The van der Waals surface area contributed by atoms with Crippen molar-refractivity contribution >= 4 is 40.4 Å². The van der Waals surface area contributed by atoms with E-state index in [4.69, 9.17) is 0 Å². The lowest BCUT2D eigenvalue weighted by atomic mass is 10.0. The van der Waals surface area contributed by atoms with Gasteiger partial charge in [-0.2, -0.15) is 11.8 Å². The van der Waals surface area contributed by atoms with Crippen LogP contribution in [0.4, 0.5) is 0 Å². The minimum atomic E-state index is -1.24. The Hall–Kier alpha value is -3.86. The van der Waals surface area contributed by atoms with Crippen LogP contribution in [-0.4, -0.2) is 68.0 Å². The molecule has 1 aliphatic heterocycles. The molecular weight excluding hydrogens is 508 g/mol. The van der Waals surface area contributed by atoms with E-state index in [2.05, 4.69) is 10.3 Å². The largest absolute Gasteiger partial charge is 0.480 e. The number of nitrogens with zero attached hydrogens (tertiary/aromatic N) is 2. The quantitative estimate of drug-likeness (QED) is 0.357. The van der Waals surface area contributed by atoms with Gasteiger partial charge in [0, 0.05) is 13.0 Å². The minimum absolute atomic E-state index is 0.0406. The van der Waals surface area contributed by atoms with Crippen molar-refractivity contribution in [1.82, 2.24) is 19.8 Å². The van der Waals surface area contributed by atoms with Gasteiger partial charge in [0.1, 0.15) is 18.1 Å². The van der Waals surface area contributed by atoms with Gasteiger partial charge >= 0.3 is 11.7 Å². The summed E-state index contributed by atoms with van der Waals surface area (Å²) in [5, 5.41) is 12.6. The van der Waals surface area contributed by atoms with E-state index in [-0.39, 0.29) is 18.2 Å². The minimum Gasteiger partial charge on any atom is -0.480 e. The Morgan fingerprint density at radius 3 is 2.53 bits per heavy atom. The van der Waals surface area contributed by atoms with Gasteiger partial charge in [-0.25, -0.2) is 14.2 Å². The van der Waals surface area contributed by atoms with Gasteiger partial charge in [0.2, 0.25) is 11.8 Å². The second-order valence-corrected chi connectivity index (χ2v) is 10.2. The Balaban J connectivity index is 1.71. The van der Waals surface area contributed by atoms with Crippen molar-refractivity contribution in [2.75, 3.05) is 18.6 Å². The number of hydrogen-bond donors (Lipinski definition) is 3. The zero-order chi connectivity index (χ0) is 27.2. The second-order valence-electron chi connectivity index (χ2n) is 9.23. The standard InChI is InChI=1S/C27H30N4O6S/c1-38-15-13-20(25(34)30-14-7-12-21(30)26(35)36)28-23(32)22(16-17-8-3-2-4-9-17)31-24(33)18-10-5-6-11-19(18)29-27(31)37/h2-6,8-11,20-22H,7,12-16H2,1H3,(H,28,32)(H,29,37)(H,35,36)/t20-,21-,22-/m0/s1. The molecule has 1 aromatic heterocycles. The van der Waals surface area contributed by atoms with Gasteiger partial charge in [-0.3, -0.25) is 14.4 Å². The van der Waals surface area contributed by atoms with E-state index in [1.807, 2.05) is 12.3 Å². The third-order valence-electron chi connectivity index (χ3n) is 6.77. The zero-order valence-corrected chi connectivity index (χ0v) is 21.8. The third kappa shape index (κ3) is 5.83. The molecule has 200 valence electrons. The summed E-state index contributed by atoms with van der Waals surface area (Å²) >= 11 is 1.49. The zero-order valence-electron chi connectivity index (χ0n) is 21.0. The number of H-pyrrole nitrogens is 1.